The number of benzene rings is 1. The lowest BCUT2D eigenvalue weighted by Crippen LogP contribution is -1.90. The van der Waals surface area contributed by atoms with Gasteiger partial charge in [-0.2, -0.15) is 0 Å². The van der Waals surface area contributed by atoms with Crippen LogP contribution in [0.2, 0.25) is 0 Å². The van der Waals surface area contributed by atoms with Gasteiger partial charge in [0.15, 0.2) is 11.6 Å². The van der Waals surface area contributed by atoms with Gasteiger partial charge in [-0.15, -0.1) is 0 Å². The van der Waals surface area contributed by atoms with Gasteiger partial charge in [0.2, 0.25) is 0 Å². The van der Waals surface area contributed by atoms with Gasteiger partial charge in [-0.1, -0.05) is 24.2 Å². The second-order valence-corrected chi connectivity index (χ2v) is 3.25. The standard InChI is InChI=1S/C11H12N2O2/c1-2-7-10(15-13-11(7)12)8-5-3-4-6-9(8)14/h3-6,14H,2H2,1H3,(H2,12,13). The van der Waals surface area contributed by atoms with Crippen LogP contribution in [0.3, 0.4) is 0 Å². The molecule has 0 bridgehead atoms. The number of nitrogens with two attached hydrogens (primary N) is 1. The Balaban J connectivity index is 2.59. The summed E-state index contributed by atoms with van der Waals surface area (Å²) >= 11 is 0. The van der Waals surface area contributed by atoms with E-state index in [2.05, 4.69) is 5.16 Å². The molecule has 78 valence electrons. The second kappa shape index (κ2) is 3.65. The normalized spacial score (nSPS) is 10.5. The predicted octanol–water partition coefficient (Wildman–Crippen LogP) is 2.19. The van der Waals surface area contributed by atoms with Crippen molar-refractivity contribution >= 4 is 5.82 Å². The number of anilines is 1. The first-order valence-electron chi connectivity index (χ1n) is 4.76. The minimum absolute atomic E-state index is 0.170. The minimum Gasteiger partial charge on any atom is -0.507 e. The van der Waals surface area contributed by atoms with Gasteiger partial charge in [-0.25, -0.2) is 0 Å². The summed E-state index contributed by atoms with van der Waals surface area (Å²) in [5, 5.41) is 13.4. The Morgan fingerprint density at radius 1 is 1.40 bits per heavy atom. The van der Waals surface area contributed by atoms with Gasteiger partial charge in [-0.05, 0) is 18.6 Å². The average molecular weight is 204 g/mol. The summed E-state index contributed by atoms with van der Waals surface area (Å²) in [7, 11) is 0. The smallest absolute Gasteiger partial charge is 0.175 e. The first-order valence-corrected chi connectivity index (χ1v) is 4.76. The highest BCUT2D eigenvalue weighted by atomic mass is 16.5. The van der Waals surface area contributed by atoms with Crippen molar-refractivity contribution in [3.8, 4) is 17.1 Å². The molecule has 0 amide bonds. The molecule has 4 heteroatoms. The number of nitrogens with zero attached hydrogens (tertiary/aromatic N) is 1. The Bertz CT molecular complexity index is 477. The molecule has 1 heterocycles. The van der Waals surface area contributed by atoms with Gasteiger partial charge in [-0.3, -0.25) is 0 Å². The zero-order valence-corrected chi connectivity index (χ0v) is 8.40. The predicted molar refractivity (Wildman–Crippen MR) is 57.4 cm³/mol. The molecule has 4 nitrogen and oxygen atoms in total. The van der Waals surface area contributed by atoms with Crippen LogP contribution in [-0.2, 0) is 6.42 Å². The second-order valence-electron chi connectivity index (χ2n) is 3.25. The molecular formula is C11H12N2O2. The maximum atomic E-state index is 9.66. The van der Waals surface area contributed by atoms with Gasteiger partial charge < -0.3 is 15.4 Å². The first kappa shape index (κ1) is 9.58. The molecule has 0 saturated heterocycles. The van der Waals surface area contributed by atoms with Crippen molar-refractivity contribution < 1.29 is 9.63 Å². The molecule has 1 aromatic carbocycles. The highest BCUT2D eigenvalue weighted by Gasteiger charge is 2.16. The van der Waals surface area contributed by atoms with E-state index in [1.807, 2.05) is 13.0 Å². The van der Waals surface area contributed by atoms with Crippen LogP contribution in [0.15, 0.2) is 28.8 Å². The summed E-state index contributed by atoms with van der Waals surface area (Å²) in [4.78, 5) is 0. The Morgan fingerprint density at radius 3 is 2.80 bits per heavy atom. The quantitative estimate of drug-likeness (QED) is 0.786. The maximum Gasteiger partial charge on any atom is 0.175 e. The van der Waals surface area contributed by atoms with Crippen molar-refractivity contribution in [1.29, 1.82) is 0 Å². The molecule has 3 N–H and O–H groups in total. The molecular weight excluding hydrogens is 192 g/mol. The molecule has 2 rings (SSSR count). The van der Waals surface area contributed by atoms with Gasteiger partial charge >= 0.3 is 0 Å². The van der Waals surface area contributed by atoms with Crippen LogP contribution in [0, 0.1) is 0 Å². The summed E-state index contributed by atoms with van der Waals surface area (Å²) in [6, 6.07) is 6.96. The molecule has 0 aliphatic heterocycles. The van der Waals surface area contributed by atoms with E-state index in [0.29, 0.717) is 17.1 Å². The van der Waals surface area contributed by atoms with Gasteiger partial charge in [0.05, 0.1) is 5.56 Å². The molecule has 15 heavy (non-hydrogen) atoms. The molecule has 0 atom stereocenters. The fourth-order valence-corrected chi connectivity index (χ4v) is 1.54. The summed E-state index contributed by atoms with van der Waals surface area (Å²) in [5.41, 5.74) is 7.11. The lowest BCUT2D eigenvalue weighted by atomic mass is 10.1. The van der Waals surface area contributed by atoms with Crippen LogP contribution < -0.4 is 5.73 Å². The average Bonchev–Trinajstić information content (AvgIpc) is 2.60. The van der Waals surface area contributed by atoms with Crippen molar-refractivity contribution in [3.63, 3.8) is 0 Å². The van der Waals surface area contributed by atoms with Crippen molar-refractivity contribution in [2.24, 2.45) is 0 Å². The van der Waals surface area contributed by atoms with Crippen LogP contribution in [0.5, 0.6) is 5.75 Å². The van der Waals surface area contributed by atoms with Gasteiger partial charge in [0, 0.05) is 5.56 Å². The first-order chi connectivity index (χ1) is 7.24. The van der Waals surface area contributed by atoms with Gasteiger partial charge in [0.1, 0.15) is 5.75 Å². The lowest BCUT2D eigenvalue weighted by Gasteiger charge is -2.01. The lowest BCUT2D eigenvalue weighted by molar-refractivity contribution is 0.428. The molecule has 0 aliphatic rings. The Labute approximate surface area is 87.3 Å². The molecule has 0 radical (unpaired) electrons. The number of nitrogen functional groups attached to an aromatic ring is 1. The third kappa shape index (κ3) is 1.54. The third-order valence-corrected chi connectivity index (χ3v) is 2.32. The molecule has 0 spiro atoms. The van der Waals surface area contributed by atoms with E-state index in [1.165, 1.54) is 0 Å². The van der Waals surface area contributed by atoms with Crippen molar-refractivity contribution in [3.05, 3.63) is 29.8 Å². The maximum absolute atomic E-state index is 9.66. The van der Waals surface area contributed by atoms with E-state index >= 15 is 0 Å². The summed E-state index contributed by atoms with van der Waals surface area (Å²) < 4.78 is 5.12. The van der Waals surface area contributed by atoms with E-state index in [0.717, 1.165) is 12.0 Å². The van der Waals surface area contributed by atoms with Crippen molar-refractivity contribution in [2.75, 3.05) is 5.73 Å². The topological polar surface area (TPSA) is 72.3 Å². The van der Waals surface area contributed by atoms with Crippen molar-refractivity contribution in [1.82, 2.24) is 5.16 Å². The number of hydrogen-bond acceptors (Lipinski definition) is 4. The number of hydrogen-bond donors (Lipinski definition) is 2. The minimum atomic E-state index is 0.170. The number of para-hydroxylation sites is 1. The molecule has 0 saturated carbocycles. The number of aromatic nitrogens is 1. The Kier molecular flexibility index (Phi) is 2.33. The highest BCUT2D eigenvalue weighted by molar-refractivity contribution is 5.71. The van der Waals surface area contributed by atoms with Crippen LogP contribution in [-0.4, -0.2) is 10.3 Å². The SMILES string of the molecule is CCc1c(N)noc1-c1ccccc1O. The molecule has 0 aliphatic carbocycles. The Morgan fingerprint density at radius 2 is 2.13 bits per heavy atom. The van der Waals surface area contributed by atoms with E-state index < -0.39 is 0 Å². The Hall–Kier alpha value is -1.97. The number of phenolic OH excluding ortho intramolecular Hbond substituents is 1. The zero-order chi connectivity index (χ0) is 10.8. The van der Waals surface area contributed by atoms with Crippen molar-refractivity contribution in [2.45, 2.75) is 13.3 Å². The molecule has 2 aromatic rings. The monoisotopic (exact) mass is 204 g/mol. The van der Waals surface area contributed by atoms with Crippen LogP contribution in [0.1, 0.15) is 12.5 Å². The fraction of sp³-hybridized carbons (Fsp3) is 0.182. The van der Waals surface area contributed by atoms with Gasteiger partial charge in [0.25, 0.3) is 0 Å². The van der Waals surface area contributed by atoms with E-state index in [9.17, 15) is 5.11 Å². The summed E-state index contributed by atoms with van der Waals surface area (Å²) in [6.45, 7) is 1.96. The zero-order valence-electron chi connectivity index (χ0n) is 8.40. The molecule has 1 aromatic heterocycles. The van der Waals surface area contributed by atoms with E-state index in [4.69, 9.17) is 10.3 Å². The largest absolute Gasteiger partial charge is 0.507 e. The fourth-order valence-electron chi connectivity index (χ4n) is 1.54. The highest BCUT2D eigenvalue weighted by Crippen LogP contribution is 2.33. The molecule has 0 unspecified atom stereocenters. The number of aromatic hydroxyl groups is 1. The van der Waals surface area contributed by atoms with Crippen LogP contribution in [0.25, 0.3) is 11.3 Å². The number of rotatable bonds is 2. The van der Waals surface area contributed by atoms with E-state index in [-0.39, 0.29) is 5.75 Å². The van der Waals surface area contributed by atoms with Crippen LogP contribution >= 0.6 is 0 Å². The van der Waals surface area contributed by atoms with E-state index in [1.54, 1.807) is 18.2 Å². The third-order valence-electron chi connectivity index (χ3n) is 2.32. The van der Waals surface area contributed by atoms with Crippen LogP contribution in [0.4, 0.5) is 5.82 Å². The summed E-state index contributed by atoms with van der Waals surface area (Å²) in [5.74, 6) is 1.10. The summed E-state index contributed by atoms with van der Waals surface area (Å²) in [6.07, 6.45) is 0.721. The molecule has 0 fully saturated rings. The number of phenols is 1.